The van der Waals surface area contributed by atoms with Crippen LogP contribution in [-0.4, -0.2) is 16.8 Å². The molecule has 0 saturated heterocycles. The van der Waals surface area contributed by atoms with Crippen molar-refractivity contribution in [1.82, 2.24) is 9.78 Å². The number of hydrogen-bond donors (Lipinski definition) is 0. The van der Waals surface area contributed by atoms with E-state index in [0.29, 0.717) is 5.92 Å². The Kier molecular flexibility index (Phi) is 5.39. The molecule has 0 atom stereocenters. The Hall–Kier alpha value is -2.03. The van der Waals surface area contributed by atoms with Crippen LogP contribution in [0.5, 0.6) is 0 Å². The number of aryl methyl sites for hydroxylation is 1. The highest BCUT2D eigenvalue weighted by atomic mass is 15.3. The fourth-order valence-electron chi connectivity index (χ4n) is 3.63. The van der Waals surface area contributed by atoms with Crippen LogP contribution < -0.4 is 4.90 Å². The van der Waals surface area contributed by atoms with Gasteiger partial charge in [-0.2, -0.15) is 5.10 Å². The van der Waals surface area contributed by atoms with Crippen molar-refractivity contribution in [1.29, 1.82) is 0 Å². The largest absolute Gasteiger partial charge is 0.348 e. The molecule has 3 rings (SSSR count). The van der Waals surface area contributed by atoms with Crippen molar-refractivity contribution >= 4 is 5.69 Å². The van der Waals surface area contributed by atoms with E-state index < -0.39 is 0 Å². The highest BCUT2D eigenvalue weighted by molar-refractivity contribution is 5.68. The smallest absolute Gasteiger partial charge is 0.0568 e. The minimum absolute atomic E-state index is 0.639. The summed E-state index contributed by atoms with van der Waals surface area (Å²) in [5.74, 6) is 0.639. The van der Waals surface area contributed by atoms with Gasteiger partial charge in [0, 0.05) is 36.7 Å². The molecule has 24 heavy (non-hydrogen) atoms. The maximum absolute atomic E-state index is 4.45. The molecule has 1 aromatic heterocycles. The predicted molar refractivity (Wildman–Crippen MR) is 102 cm³/mol. The van der Waals surface area contributed by atoms with Crippen molar-refractivity contribution in [2.75, 3.05) is 11.9 Å². The Labute approximate surface area is 146 Å². The molecule has 0 N–H and O–H groups in total. The first-order valence-electron chi connectivity index (χ1n) is 9.24. The topological polar surface area (TPSA) is 21.1 Å². The molecule has 0 amide bonds. The first kappa shape index (κ1) is 16.8. The van der Waals surface area contributed by atoms with E-state index in [1.54, 1.807) is 0 Å². The summed E-state index contributed by atoms with van der Waals surface area (Å²) in [5, 5.41) is 4.45. The van der Waals surface area contributed by atoms with E-state index in [9.17, 15) is 0 Å². The molecule has 1 aliphatic rings. The summed E-state index contributed by atoms with van der Waals surface area (Å²) in [6, 6.07) is 8.72. The van der Waals surface area contributed by atoms with Crippen LogP contribution in [0.15, 0.2) is 48.9 Å². The third-order valence-corrected chi connectivity index (χ3v) is 5.16. The van der Waals surface area contributed by atoms with E-state index in [4.69, 9.17) is 0 Å². The second kappa shape index (κ2) is 7.69. The zero-order valence-corrected chi connectivity index (χ0v) is 15.0. The van der Waals surface area contributed by atoms with Gasteiger partial charge in [0.15, 0.2) is 0 Å². The highest BCUT2D eigenvalue weighted by Crippen LogP contribution is 2.33. The molecule has 1 aromatic carbocycles. The fourth-order valence-corrected chi connectivity index (χ4v) is 3.63. The summed E-state index contributed by atoms with van der Waals surface area (Å²) in [7, 11) is 2.15. The number of aromatic nitrogens is 2. The van der Waals surface area contributed by atoms with Crippen LogP contribution in [0.25, 0.3) is 11.1 Å². The Morgan fingerprint density at radius 3 is 2.79 bits per heavy atom. The van der Waals surface area contributed by atoms with E-state index in [2.05, 4.69) is 61.0 Å². The first-order valence-corrected chi connectivity index (χ1v) is 9.24. The Morgan fingerprint density at radius 1 is 1.25 bits per heavy atom. The second-order valence-corrected chi connectivity index (χ2v) is 6.93. The Morgan fingerprint density at radius 2 is 2.04 bits per heavy atom. The standard InChI is InChI=1S/C21H29N3/c1-4-13-24-16-20(15-22-24)19-11-8-12-21(14-19)23(3)17(2)18-9-6-5-7-10-18/h8,11-12,14-16,18H,2,4-7,9-10,13H2,1,3H3. The molecule has 0 aliphatic heterocycles. The van der Waals surface area contributed by atoms with E-state index in [1.807, 2.05) is 10.9 Å². The molecule has 1 aliphatic carbocycles. The van der Waals surface area contributed by atoms with Gasteiger partial charge in [0.1, 0.15) is 0 Å². The van der Waals surface area contributed by atoms with Gasteiger partial charge in [-0.15, -0.1) is 0 Å². The zero-order chi connectivity index (χ0) is 16.9. The maximum Gasteiger partial charge on any atom is 0.0568 e. The van der Waals surface area contributed by atoms with Gasteiger partial charge >= 0.3 is 0 Å². The molecule has 0 spiro atoms. The van der Waals surface area contributed by atoms with Crippen molar-refractivity contribution < 1.29 is 0 Å². The van der Waals surface area contributed by atoms with Crippen LogP contribution in [0.3, 0.4) is 0 Å². The Bertz CT molecular complexity index is 680. The van der Waals surface area contributed by atoms with Gasteiger partial charge in [-0.3, -0.25) is 4.68 Å². The van der Waals surface area contributed by atoms with Crippen LogP contribution in [0, 0.1) is 5.92 Å². The average molecular weight is 323 g/mol. The quantitative estimate of drug-likeness (QED) is 0.701. The number of nitrogens with zero attached hydrogens (tertiary/aromatic N) is 3. The van der Waals surface area contributed by atoms with Gasteiger partial charge in [0.25, 0.3) is 0 Å². The van der Waals surface area contributed by atoms with Crippen molar-refractivity contribution in [2.24, 2.45) is 5.92 Å². The molecule has 1 fully saturated rings. The number of allylic oxidation sites excluding steroid dienone is 1. The molecule has 0 radical (unpaired) electrons. The fraction of sp³-hybridized carbons (Fsp3) is 0.476. The third kappa shape index (κ3) is 3.72. The van der Waals surface area contributed by atoms with Gasteiger partial charge in [-0.1, -0.05) is 44.9 Å². The maximum atomic E-state index is 4.45. The SMILES string of the molecule is C=C(C1CCCCC1)N(C)c1cccc(-c2cnn(CCC)c2)c1. The lowest BCUT2D eigenvalue weighted by Crippen LogP contribution is -2.23. The molecular weight excluding hydrogens is 294 g/mol. The lowest BCUT2D eigenvalue weighted by Gasteiger charge is -2.31. The molecule has 1 heterocycles. The zero-order valence-electron chi connectivity index (χ0n) is 15.0. The van der Waals surface area contributed by atoms with Gasteiger partial charge in [0.2, 0.25) is 0 Å². The normalized spacial score (nSPS) is 15.4. The van der Waals surface area contributed by atoms with Gasteiger partial charge < -0.3 is 4.90 Å². The molecule has 128 valence electrons. The number of benzene rings is 1. The van der Waals surface area contributed by atoms with Crippen LogP contribution in [-0.2, 0) is 6.54 Å². The van der Waals surface area contributed by atoms with Crippen LogP contribution in [0.2, 0.25) is 0 Å². The number of hydrogen-bond acceptors (Lipinski definition) is 2. The molecule has 1 saturated carbocycles. The van der Waals surface area contributed by atoms with Crippen molar-refractivity contribution in [3.8, 4) is 11.1 Å². The number of rotatable bonds is 6. The minimum atomic E-state index is 0.639. The monoisotopic (exact) mass is 323 g/mol. The minimum Gasteiger partial charge on any atom is -0.348 e. The molecular formula is C21H29N3. The van der Waals surface area contributed by atoms with Crippen LogP contribution >= 0.6 is 0 Å². The Balaban J connectivity index is 1.77. The third-order valence-electron chi connectivity index (χ3n) is 5.16. The van der Waals surface area contributed by atoms with E-state index in [0.717, 1.165) is 13.0 Å². The van der Waals surface area contributed by atoms with Crippen molar-refractivity contribution in [3.63, 3.8) is 0 Å². The van der Waals surface area contributed by atoms with E-state index >= 15 is 0 Å². The summed E-state index contributed by atoms with van der Waals surface area (Å²) in [4.78, 5) is 2.27. The van der Waals surface area contributed by atoms with Gasteiger partial charge in [0.05, 0.1) is 6.20 Å². The van der Waals surface area contributed by atoms with Gasteiger partial charge in [-0.25, -0.2) is 0 Å². The van der Waals surface area contributed by atoms with E-state index in [-0.39, 0.29) is 0 Å². The average Bonchev–Trinajstić information content (AvgIpc) is 3.10. The summed E-state index contributed by atoms with van der Waals surface area (Å²) < 4.78 is 2.02. The summed E-state index contributed by atoms with van der Waals surface area (Å²) in [6.07, 6.45) is 11.8. The molecule has 2 aromatic rings. The van der Waals surface area contributed by atoms with E-state index in [1.165, 1.54) is 54.6 Å². The summed E-state index contributed by atoms with van der Waals surface area (Å²) in [6.45, 7) is 7.54. The van der Waals surface area contributed by atoms with Crippen LogP contribution in [0.1, 0.15) is 45.4 Å². The molecule has 0 bridgehead atoms. The lowest BCUT2D eigenvalue weighted by atomic mass is 9.87. The van der Waals surface area contributed by atoms with Gasteiger partial charge in [-0.05, 0) is 42.9 Å². The molecule has 0 unspecified atom stereocenters. The van der Waals surface area contributed by atoms with Crippen molar-refractivity contribution in [3.05, 3.63) is 48.9 Å². The number of anilines is 1. The molecule has 3 heteroatoms. The summed E-state index contributed by atoms with van der Waals surface area (Å²) in [5.41, 5.74) is 4.87. The van der Waals surface area contributed by atoms with Crippen LogP contribution in [0.4, 0.5) is 5.69 Å². The van der Waals surface area contributed by atoms with Crippen molar-refractivity contribution in [2.45, 2.75) is 52.0 Å². The first-order chi connectivity index (χ1) is 11.7. The highest BCUT2D eigenvalue weighted by Gasteiger charge is 2.20. The lowest BCUT2D eigenvalue weighted by molar-refractivity contribution is 0.398. The second-order valence-electron chi connectivity index (χ2n) is 6.93. The molecule has 3 nitrogen and oxygen atoms in total. The summed E-state index contributed by atoms with van der Waals surface area (Å²) >= 11 is 0. The predicted octanol–water partition coefficient (Wildman–Crippen LogP) is 5.49.